The zero-order valence-electron chi connectivity index (χ0n) is 15.9. The number of aromatic nitrogens is 1. The number of aryl methyl sites for hydroxylation is 2. The Morgan fingerprint density at radius 1 is 1.14 bits per heavy atom. The van der Waals surface area contributed by atoms with Gasteiger partial charge in [-0.25, -0.2) is 0 Å². The third-order valence-electron chi connectivity index (χ3n) is 4.78. The van der Waals surface area contributed by atoms with E-state index in [1.165, 1.54) is 5.56 Å². The first-order valence-corrected chi connectivity index (χ1v) is 9.43. The Morgan fingerprint density at radius 3 is 2.57 bits per heavy atom. The fourth-order valence-corrected chi connectivity index (χ4v) is 3.35. The number of hydrogen-bond acceptors (Lipinski definition) is 3. The Labute approximate surface area is 169 Å². The Hall–Kier alpha value is -3.03. The van der Waals surface area contributed by atoms with Crippen molar-refractivity contribution in [3.63, 3.8) is 0 Å². The van der Waals surface area contributed by atoms with Gasteiger partial charge in [-0.2, -0.15) is 5.26 Å². The van der Waals surface area contributed by atoms with Crippen LogP contribution in [-0.4, -0.2) is 17.0 Å². The summed E-state index contributed by atoms with van der Waals surface area (Å²) in [6, 6.07) is 18.7. The number of carbonyl (C=O) groups is 1. The summed E-state index contributed by atoms with van der Waals surface area (Å²) in [6.45, 7) is 4.63. The van der Waals surface area contributed by atoms with Crippen molar-refractivity contribution in [1.29, 1.82) is 5.26 Å². The van der Waals surface area contributed by atoms with E-state index in [4.69, 9.17) is 21.6 Å². The summed E-state index contributed by atoms with van der Waals surface area (Å²) in [6.07, 6.45) is 0.854. The Bertz CT molecular complexity index is 1030. The molecular weight excluding hydrogens is 372 g/mol. The molecule has 3 rings (SSSR count). The van der Waals surface area contributed by atoms with Gasteiger partial charge in [-0.3, -0.25) is 4.79 Å². The first-order valence-electron chi connectivity index (χ1n) is 9.06. The quantitative estimate of drug-likeness (QED) is 0.523. The van der Waals surface area contributed by atoms with Gasteiger partial charge in [0.25, 0.3) is 0 Å². The fraction of sp³-hybridized carbons (Fsp3) is 0.217. The van der Waals surface area contributed by atoms with Crippen molar-refractivity contribution in [2.75, 3.05) is 6.61 Å². The van der Waals surface area contributed by atoms with Crippen molar-refractivity contribution < 1.29 is 9.53 Å². The summed E-state index contributed by atoms with van der Waals surface area (Å²) < 4.78 is 7.74. The Balaban J connectivity index is 1.69. The normalized spacial score (nSPS) is 10.5. The highest BCUT2D eigenvalue weighted by Crippen LogP contribution is 2.20. The van der Waals surface area contributed by atoms with Crippen molar-refractivity contribution in [3.05, 3.63) is 87.7 Å². The maximum atomic E-state index is 12.7. The smallest absolute Gasteiger partial charge is 0.202 e. The van der Waals surface area contributed by atoms with Gasteiger partial charge in [-0.1, -0.05) is 35.9 Å². The van der Waals surface area contributed by atoms with E-state index in [2.05, 4.69) is 10.6 Å². The summed E-state index contributed by atoms with van der Waals surface area (Å²) in [7, 11) is 0. The van der Waals surface area contributed by atoms with E-state index in [9.17, 15) is 4.79 Å². The lowest BCUT2D eigenvalue weighted by Gasteiger charge is -2.10. The number of rotatable bonds is 7. The van der Waals surface area contributed by atoms with E-state index in [0.717, 1.165) is 29.4 Å². The molecule has 0 fully saturated rings. The number of hydrogen-bond donors (Lipinski definition) is 0. The first kappa shape index (κ1) is 19.7. The van der Waals surface area contributed by atoms with Crippen LogP contribution in [0.4, 0.5) is 0 Å². The van der Waals surface area contributed by atoms with Gasteiger partial charge in [0.1, 0.15) is 11.8 Å². The molecule has 0 aliphatic rings. The number of halogens is 1. The van der Waals surface area contributed by atoms with Gasteiger partial charge in [0.15, 0.2) is 6.61 Å². The van der Waals surface area contributed by atoms with Crippen LogP contribution in [0.25, 0.3) is 0 Å². The fourth-order valence-electron chi connectivity index (χ4n) is 3.23. The van der Waals surface area contributed by atoms with Crippen LogP contribution >= 0.6 is 11.6 Å². The molecule has 3 aromatic rings. The number of ether oxygens (including phenoxy) is 1. The second kappa shape index (κ2) is 8.77. The van der Waals surface area contributed by atoms with E-state index < -0.39 is 0 Å². The molecule has 0 bridgehead atoms. The number of ketones is 1. The van der Waals surface area contributed by atoms with Crippen LogP contribution in [0.15, 0.2) is 54.6 Å². The third-order valence-corrected chi connectivity index (χ3v) is 5.03. The summed E-state index contributed by atoms with van der Waals surface area (Å²) in [4.78, 5) is 12.7. The molecule has 0 atom stereocenters. The lowest BCUT2D eigenvalue weighted by molar-refractivity contribution is 0.0920. The highest BCUT2D eigenvalue weighted by Gasteiger charge is 2.17. The van der Waals surface area contributed by atoms with Gasteiger partial charge >= 0.3 is 0 Å². The second-order valence-electron chi connectivity index (χ2n) is 6.63. The van der Waals surface area contributed by atoms with Crippen LogP contribution in [0, 0.1) is 25.2 Å². The van der Waals surface area contributed by atoms with Gasteiger partial charge in [-0.15, -0.1) is 0 Å². The van der Waals surface area contributed by atoms with Gasteiger partial charge in [-0.05, 0) is 56.2 Å². The second-order valence-corrected chi connectivity index (χ2v) is 7.07. The van der Waals surface area contributed by atoms with Crippen LogP contribution in [-0.2, 0) is 13.0 Å². The molecule has 0 N–H and O–H groups in total. The SMILES string of the molecule is Cc1cc(C(=O)COc2ccccc2C#N)c(C)n1CCc1ccc(Cl)cc1. The number of nitrogens with zero attached hydrogens (tertiary/aromatic N) is 2. The summed E-state index contributed by atoms with van der Waals surface area (Å²) in [5.74, 6) is 0.327. The van der Waals surface area contributed by atoms with Gasteiger partial charge in [0.2, 0.25) is 5.78 Å². The van der Waals surface area contributed by atoms with Crippen LogP contribution in [0.5, 0.6) is 5.75 Å². The average molecular weight is 393 g/mol. The number of carbonyl (C=O) groups excluding carboxylic acids is 1. The summed E-state index contributed by atoms with van der Waals surface area (Å²) in [5, 5.41) is 9.85. The summed E-state index contributed by atoms with van der Waals surface area (Å²) in [5.41, 5.74) is 4.23. The minimum Gasteiger partial charge on any atom is -0.484 e. The minimum absolute atomic E-state index is 0.0971. The van der Waals surface area contributed by atoms with Gasteiger partial charge in [0.05, 0.1) is 5.56 Å². The molecule has 0 unspecified atom stereocenters. The highest BCUT2D eigenvalue weighted by atomic mass is 35.5. The Morgan fingerprint density at radius 2 is 1.86 bits per heavy atom. The predicted molar refractivity (Wildman–Crippen MR) is 110 cm³/mol. The van der Waals surface area contributed by atoms with Crippen LogP contribution in [0.3, 0.4) is 0 Å². The summed E-state index contributed by atoms with van der Waals surface area (Å²) >= 11 is 5.94. The third kappa shape index (κ3) is 4.44. The molecule has 0 radical (unpaired) electrons. The molecule has 0 aliphatic heterocycles. The van der Waals surface area contributed by atoms with Crippen LogP contribution in [0.1, 0.15) is 32.9 Å². The zero-order valence-corrected chi connectivity index (χ0v) is 16.7. The predicted octanol–water partition coefficient (Wildman–Crippen LogP) is 5.13. The molecule has 0 saturated carbocycles. The number of Topliss-reactive ketones (excluding diaryl/α,β-unsaturated/α-hetero) is 1. The monoisotopic (exact) mass is 392 g/mol. The Kier molecular flexibility index (Phi) is 6.18. The minimum atomic E-state index is -0.0985. The molecule has 28 heavy (non-hydrogen) atoms. The van der Waals surface area contributed by atoms with Gasteiger partial charge in [0, 0.05) is 28.5 Å². The van der Waals surface area contributed by atoms with Crippen molar-refractivity contribution in [3.8, 4) is 11.8 Å². The number of benzene rings is 2. The molecule has 0 spiro atoms. The lowest BCUT2D eigenvalue weighted by Crippen LogP contribution is -2.13. The first-order chi connectivity index (χ1) is 13.5. The zero-order chi connectivity index (χ0) is 20.1. The van der Waals surface area contributed by atoms with Crippen molar-refractivity contribution in [2.45, 2.75) is 26.8 Å². The molecule has 5 heteroatoms. The van der Waals surface area contributed by atoms with Crippen LogP contribution in [0.2, 0.25) is 5.02 Å². The molecule has 0 saturated heterocycles. The molecule has 1 aromatic heterocycles. The van der Waals surface area contributed by atoms with Crippen molar-refractivity contribution in [2.24, 2.45) is 0 Å². The standard InChI is InChI=1S/C23H21ClN2O2/c1-16-13-21(22(27)15-28-23-6-4-3-5-19(23)14-25)17(2)26(16)12-11-18-7-9-20(24)10-8-18/h3-10,13H,11-12,15H2,1-2H3. The van der Waals surface area contributed by atoms with E-state index in [0.29, 0.717) is 16.9 Å². The molecule has 4 nitrogen and oxygen atoms in total. The molecule has 0 aliphatic carbocycles. The maximum Gasteiger partial charge on any atom is 0.202 e. The molecule has 142 valence electrons. The average Bonchev–Trinajstić information content (AvgIpc) is 2.99. The topological polar surface area (TPSA) is 55.0 Å². The van der Waals surface area contributed by atoms with Crippen molar-refractivity contribution >= 4 is 17.4 Å². The molecular formula is C23H21ClN2O2. The molecule has 2 aromatic carbocycles. The van der Waals surface area contributed by atoms with Crippen molar-refractivity contribution in [1.82, 2.24) is 4.57 Å². The van der Waals surface area contributed by atoms with E-state index in [1.54, 1.807) is 24.3 Å². The van der Waals surface area contributed by atoms with E-state index in [1.807, 2.05) is 44.2 Å². The molecule has 1 heterocycles. The maximum absolute atomic E-state index is 12.7. The van der Waals surface area contributed by atoms with Gasteiger partial charge < -0.3 is 9.30 Å². The van der Waals surface area contributed by atoms with E-state index in [-0.39, 0.29) is 12.4 Å². The largest absolute Gasteiger partial charge is 0.484 e. The number of nitriles is 1. The number of para-hydroxylation sites is 1. The van der Waals surface area contributed by atoms with E-state index >= 15 is 0 Å². The van der Waals surface area contributed by atoms with Crippen LogP contribution < -0.4 is 4.74 Å². The highest BCUT2D eigenvalue weighted by molar-refractivity contribution is 6.30. The molecule has 0 amide bonds. The lowest BCUT2D eigenvalue weighted by atomic mass is 10.1.